The molecule has 0 saturated heterocycles. The number of hydrogen-bond acceptors (Lipinski definition) is 4. The SMILES string of the molecule is CC.CCc1ccc(-n2cccn2)cc1.COc1ccc2[nH]c(C(=O)NCCNC=O)cc2c1.Cc1ccccc1. The van der Waals surface area contributed by atoms with E-state index in [9.17, 15) is 9.59 Å². The summed E-state index contributed by atoms with van der Waals surface area (Å²) in [5.41, 5.74) is 5.15. The lowest BCUT2D eigenvalue weighted by Crippen LogP contribution is -2.31. The van der Waals surface area contributed by atoms with Gasteiger partial charge in [0, 0.05) is 36.4 Å². The Morgan fingerprint density at radius 3 is 2.27 bits per heavy atom. The van der Waals surface area contributed by atoms with Gasteiger partial charge in [-0.25, -0.2) is 4.68 Å². The summed E-state index contributed by atoms with van der Waals surface area (Å²) in [6, 6.07) is 27.9. The highest BCUT2D eigenvalue weighted by Gasteiger charge is 2.09. The second-order valence-electron chi connectivity index (χ2n) is 8.59. The zero-order chi connectivity index (χ0) is 29.9. The van der Waals surface area contributed by atoms with Gasteiger partial charge in [0.15, 0.2) is 0 Å². The van der Waals surface area contributed by atoms with Gasteiger partial charge in [-0.1, -0.05) is 68.8 Å². The first-order valence-corrected chi connectivity index (χ1v) is 13.8. The fourth-order valence-electron chi connectivity index (χ4n) is 3.60. The maximum absolute atomic E-state index is 11.8. The van der Waals surface area contributed by atoms with Crippen LogP contribution >= 0.6 is 0 Å². The molecule has 2 heterocycles. The lowest BCUT2D eigenvalue weighted by molar-refractivity contribution is -0.109. The number of aryl methyl sites for hydroxylation is 2. The number of nitrogens with one attached hydrogen (secondary N) is 3. The van der Waals surface area contributed by atoms with Crippen LogP contribution in [-0.2, 0) is 11.2 Å². The Morgan fingerprint density at radius 1 is 0.976 bits per heavy atom. The van der Waals surface area contributed by atoms with Gasteiger partial charge in [0.1, 0.15) is 11.4 Å². The molecule has 0 spiro atoms. The van der Waals surface area contributed by atoms with Crippen molar-refractivity contribution in [2.24, 2.45) is 0 Å². The average molecular weight is 556 g/mol. The van der Waals surface area contributed by atoms with Crippen molar-refractivity contribution >= 4 is 23.2 Å². The van der Waals surface area contributed by atoms with Gasteiger partial charge in [0.25, 0.3) is 5.91 Å². The van der Waals surface area contributed by atoms with Gasteiger partial charge in [0.05, 0.1) is 12.8 Å². The molecule has 3 N–H and O–H groups in total. The van der Waals surface area contributed by atoms with Crippen LogP contribution in [0.3, 0.4) is 0 Å². The molecule has 0 aliphatic heterocycles. The molecule has 5 aromatic rings. The normalized spacial score (nSPS) is 9.59. The summed E-state index contributed by atoms with van der Waals surface area (Å²) in [6.45, 7) is 9.03. The summed E-state index contributed by atoms with van der Waals surface area (Å²) < 4.78 is 6.99. The van der Waals surface area contributed by atoms with Crippen molar-refractivity contribution in [3.63, 3.8) is 0 Å². The molecule has 0 fully saturated rings. The van der Waals surface area contributed by atoms with Crippen molar-refractivity contribution in [1.29, 1.82) is 0 Å². The zero-order valence-corrected chi connectivity index (χ0v) is 24.6. The van der Waals surface area contributed by atoms with Crippen LogP contribution in [0.2, 0.25) is 0 Å². The van der Waals surface area contributed by atoms with E-state index in [-0.39, 0.29) is 5.91 Å². The number of amides is 2. The standard InChI is InChI=1S/C13H15N3O3.C11H12N2.C7H8.C2H6/c1-19-10-2-3-11-9(6-10)7-12(16-11)13(18)15-5-4-14-8-17;1-2-10-4-6-11(7-5-10)13-9-3-8-12-13;1-7-5-3-2-4-6-7;1-2/h2-3,6-8,16H,4-5H2,1H3,(H,14,17)(H,15,18);3-9H,2H2,1H3;2-6H,1H3;1-2H3. The molecule has 0 aliphatic carbocycles. The van der Waals surface area contributed by atoms with Crippen molar-refractivity contribution in [2.45, 2.75) is 34.1 Å². The monoisotopic (exact) mass is 555 g/mol. The van der Waals surface area contributed by atoms with Gasteiger partial charge >= 0.3 is 0 Å². The van der Waals surface area contributed by atoms with Gasteiger partial charge in [-0.15, -0.1) is 0 Å². The summed E-state index contributed by atoms with van der Waals surface area (Å²) in [5.74, 6) is 0.538. The largest absolute Gasteiger partial charge is 0.497 e. The molecule has 8 heteroatoms. The summed E-state index contributed by atoms with van der Waals surface area (Å²) in [4.78, 5) is 24.9. The Hall–Kier alpha value is -4.85. The van der Waals surface area contributed by atoms with Gasteiger partial charge in [-0.05, 0) is 61.4 Å². The third-order valence-electron chi connectivity index (χ3n) is 5.76. The number of carbonyl (C=O) groups excluding carboxylic acids is 2. The van der Waals surface area contributed by atoms with Crippen molar-refractivity contribution in [2.75, 3.05) is 20.2 Å². The summed E-state index contributed by atoms with van der Waals surface area (Å²) in [6.07, 6.45) is 5.41. The van der Waals surface area contributed by atoms with Gasteiger partial charge in [0.2, 0.25) is 6.41 Å². The van der Waals surface area contributed by atoms with Crippen LogP contribution in [0.5, 0.6) is 5.75 Å². The third kappa shape index (κ3) is 11.0. The molecule has 5 rings (SSSR count). The average Bonchev–Trinajstić information content (AvgIpc) is 3.72. The van der Waals surface area contributed by atoms with E-state index < -0.39 is 0 Å². The highest BCUT2D eigenvalue weighted by molar-refractivity contribution is 5.98. The molecule has 0 radical (unpaired) electrons. The highest BCUT2D eigenvalue weighted by Crippen LogP contribution is 2.21. The second kappa shape index (κ2) is 18.4. The maximum atomic E-state index is 11.8. The molecule has 0 atom stereocenters. The van der Waals surface area contributed by atoms with E-state index >= 15 is 0 Å². The molecule has 2 aromatic heterocycles. The first-order chi connectivity index (χ1) is 20.0. The lowest BCUT2D eigenvalue weighted by atomic mass is 10.1. The maximum Gasteiger partial charge on any atom is 0.267 e. The van der Waals surface area contributed by atoms with E-state index in [0.29, 0.717) is 25.2 Å². The fraction of sp³-hybridized carbons (Fsp3) is 0.242. The smallest absolute Gasteiger partial charge is 0.267 e. The molecule has 41 heavy (non-hydrogen) atoms. The Bertz CT molecular complexity index is 1410. The van der Waals surface area contributed by atoms with Crippen LogP contribution in [0.25, 0.3) is 16.6 Å². The van der Waals surface area contributed by atoms with Crippen LogP contribution in [0.1, 0.15) is 42.4 Å². The van der Waals surface area contributed by atoms with Crippen LogP contribution in [0.15, 0.2) is 97.3 Å². The van der Waals surface area contributed by atoms with Crippen molar-refractivity contribution in [3.8, 4) is 11.4 Å². The topological polar surface area (TPSA) is 101 Å². The van der Waals surface area contributed by atoms with Crippen molar-refractivity contribution < 1.29 is 14.3 Å². The minimum absolute atomic E-state index is 0.206. The van der Waals surface area contributed by atoms with E-state index in [2.05, 4.69) is 71.0 Å². The van der Waals surface area contributed by atoms with Crippen LogP contribution in [-0.4, -0.2) is 47.3 Å². The Morgan fingerprint density at radius 2 is 1.71 bits per heavy atom. The molecular formula is C33H41N5O3. The molecule has 216 valence electrons. The number of methoxy groups -OCH3 is 1. The van der Waals surface area contributed by atoms with E-state index in [1.54, 1.807) is 19.4 Å². The summed E-state index contributed by atoms with van der Waals surface area (Å²) in [7, 11) is 1.60. The second-order valence-corrected chi connectivity index (χ2v) is 8.59. The Labute approximate surface area is 242 Å². The third-order valence-corrected chi connectivity index (χ3v) is 5.76. The minimum atomic E-state index is -0.206. The van der Waals surface area contributed by atoms with E-state index in [4.69, 9.17) is 4.74 Å². The molecule has 0 saturated carbocycles. The van der Waals surface area contributed by atoms with Crippen molar-refractivity contribution in [1.82, 2.24) is 25.4 Å². The predicted molar refractivity (Wildman–Crippen MR) is 167 cm³/mol. The molecule has 3 aromatic carbocycles. The van der Waals surface area contributed by atoms with Crippen LogP contribution in [0, 0.1) is 6.92 Å². The van der Waals surface area contributed by atoms with Crippen LogP contribution in [0.4, 0.5) is 0 Å². The number of nitrogens with zero attached hydrogens (tertiary/aromatic N) is 2. The number of aromatic nitrogens is 3. The number of ether oxygens (including phenoxy) is 1. The lowest BCUT2D eigenvalue weighted by Gasteiger charge is -2.02. The number of carbonyl (C=O) groups is 2. The van der Waals surface area contributed by atoms with Crippen LogP contribution < -0.4 is 15.4 Å². The van der Waals surface area contributed by atoms with Gasteiger partial charge < -0.3 is 20.4 Å². The van der Waals surface area contributed by atoms with E-state index in [1.165, 1.54) is 11.1 Å². The highest BCUT2D eigenvalue weighted by atomic mass is 16.5. The predicted octanol–water partition coefficient (Wildman–Crippen LogP) is 6.11. The van der Waals surface area contributed by atoms with E-state index in [1.807, 2.05) is 67.2 Å². The Balaban J connectivity index is 0.000000230. The number of benzene rings is 3. The number of fused-ring (bicyclic) bond motifs is 1. The summed E-state index contributed by atoms with van der Waals surface area (Å²) >= 11 is 0. The first-order valence-electron chi connectivity index (χ1n) is 13.8. The minimum Gasteiger partial charge on any atom is -0.497 e. The molecular weight excluding hydrogens is 514 g/mol. The Kier molecular flexibility index (Phi) is 14.6. The molecule has 2 amide bonds. The molecule has 0 aliphatic rings. The molecule has 0 bridgehead atoms. The number of aromatic amines is 1. The van der Waals surface area contributed by atoms with Gasteiger partial charge in [-0.3, -0.25) is 9.59 Å². The van der Waals surface area contributed by atoms with Crippen molar-refractivity contribution in [3.05, 3.63) is 114 Å². The quantitative estimate of drug-likeness (QED) is 0.159. The number of rotatable bonds is 8. The van der Waals surface area contributed by atoms with Gasteiger partial charge in [-0.2, -0.15) is 5.10 Å². The molecule has 0 unspecified atom stereocenters. The zero-order valence-electron chi connectivity index (χ0n) is 24.6. The van der Waals surface area contributed by atoms with E-state index in [0.717, 1.165) is 28.8 Å². The molecule has 8 nitrogen and oxygen atoms in total. The number of hydrogen-bond donors (Lipinski definition) is 3. The first kappa shape index (κ1) is 32.4. The fourth-order valence-corrected chi connectivity index (χ4v) is 3.60. The summed E-state index contributed by atoms with van der Waals surface area (Å²) in [5, 5.41) is 10.2. The number of H-pyrrole nitrogens is 1.